The van der Waals surface area contributed by atoms with Crippen LogP contribution in [-0.4, -0.2) is 29.2 Å². The maximum absolute atomic E-state index is 4.98. The summed E-state index contributed by atoms with van der Waals surface area (Å²) in [6, 6.07) is 0.934. The molecule has 0 aliphatic carbocycles. The van der Waals surface area contributed by atoms with Gasteiger partial charge in [-0.3, -0.25) is 15.0 Å². The smallest absolute Gasteiger partial charge is 0.0707 e. The van der Waals surface area contributed by atoms with Gasteiger partial charge in [0.1, 0.15) is 0 Å². The fourth-order valence-electron chi connectivity index (χ4n) is 4.24. The monoisotopic (exact) mass is 396 g/mol. The molecule has 0 radical (unpaired) electrons. The van der Waals surface area contributed by atoms with Crippen molar-refractivity contribution >= 4 is 30.6 Å². The molecule has 1 N–H and O–H groups in total. The molecule has 8 bridgehead atoms. The Morgan fingerprint density at radius 1 is 0.760 bits per heavy atom. The molecule has 5 heterocycles. The van der Waals surface area contributed by atoms with Crippen molar-refractivity contribution in [3.05, 3.63) is 35.3 Å². The Kier molecular flexibility index (Phi) is 5.71. The second kappa shape index (κ2) is 7.65. The van der Waals surface area contributed by atoms with E-state index >= 15 is 0 Å². The van der Waals surface area contributed by atoms with Gasteiger partial charge in [0, 0.05) is 57.3 Å². The van der Waals surface area contributed by atoms with Crippen LogP contribution in [0.15, 0.2) is 50.3 Å². The zero-order valence-electron chi connectivity index (χ0n) is 14.2. The van der Waals surface area contributed by atoms with Gasteiger partial charge in [0.15, 0.2) is 0 Å². The van der Waals surface area contributed by atoms with Crippen LogP contribution in [0.5, 0.6) is 0 Å². The van der Waals surface area contributed by atoms with E-state index in [1.807, 2.05) is 0 Å². The first-order valence-corrected chi connectivity index (χ1v) is 8.92. The van der Waals surface area contributed by atoms with Gasteiger partial charge in [0.05, 0.1) is 6.04 Å². The molecule has 6 heteroatoms. The minimum atomic E-state index is 0. The van der Waals surface area contributed by atoms with Gasteiger partial charge in [-0.1, -0.05) is 0 Å². The molecule has 2 unspecified atom stereocenters. The van der Waals surface area contributed by atoms with Crippen LogP contribution in [0.25, 0.3) is 0 Å². The second-order valence-electron chi connectivity index (χ2n) is 7.16. The fourth-order valence-corrected chi connectivity index (χ4v) is 4.24. The van der Waals surface area contributed by atoms with Gasteiger partial charge >= 0.3 is 0 Å². The van der Waals surface area contributed by atoms with Gasteiger partial charge in [-0.2, -0.15) is 13.5 Å². The molecule has 0 amide bonds. The molecule has 0 saturated carbocycles. The topological polar surface area (TPSA) is 49.1 Å². The number of hydrogen-bond donors (Lipinski definition) is 1. The summed E-state index contributed by atoms with van der Waals surface area (Å²) >= 11 is 0. The minimum Gasteiger partial charge on any atom is -0.383 e. The van der Waals surface area contributed by atoms with Crippen molar-refractivity contribution in [3.63, 3.8) is 0 Å². The normalized spacial score (nSPS) is 35.7. The predicted molar refractivity (Wildman–Crippen MR) is 105 cm³/mol. The molecule has 0 spiro atoms. The van der Waals surface area contributed by atoms with Crippen molar-refractivity contribution in [1.29, 1.82) is 0 Å². The van der Waals surface area contributed by atoms with Crippen molar-refractivity contribution < 1.29 is 17.1 Å². The number of fused-ring (bicyclic) bond motifs is 6. The average Bonchev–Trinajstić information content (AvgIpc) is 3.28. The summed E-state index contributed by atoms with van der Waals surface area (Å²) in [5.74, 6) is 0. The largest absolute Gasteiger partial charge is 0.383 e. The van der Waals surface area contributed by atoms with Gasteiger partial charge in [-0.05, 0) is 69.6 Å². The average molecular weight is 396 g/mol. The molecule has 4 nitrogen and oxygen atoms in total. The summed E-state index contributed by atoms with van der Waals surface area (Å²) in [5, 5.41) is 3.71. The third-order valence-corrected chi connectivity index (χ3v) is 5.44. The van der Waals surface area contributed by atoms with E-state index in [2.05, 4.69) is 23.5 Å². The Morgan fingerprint density at radius 2 is 1.44 bits per heavy atom. The standard InChI is InChI=1S/C19H22N4.Fe.H2S/c1-3-14-10-16-5-7-18(22-16)19-8-6-17(23-19)11-15-4-2-13(21-15)9-12(1)20-14;;/h9-11,18-19,22H,1-8H2;;1H2/b12-9-,15-11-,16-10-;;. The molecule has 0 aromatic heterocycles. The molecule has 1 saturated heterocycles. The molecule has 1 fully saturated rings. The molecule has 134 valence electrons. The van der Waals surface area contributed by atoms with Crippen LogP contribution in [0.1, 0.15) is 51.4 Å². The fraction of sp³-hybridized carbons (Fsp3) is 0.526. The van der Waals surface area contributed by atoms with E-state index in [0.29, 0.717) is 12.1 Å². The molecular formula is C19H24FeN4S. The van der Waals surface area contributed by atoms with Crippen molar-refractivity contribution in [1.82, 2.24) is 5.32 Å². The van der Waals surface area contributed by atoms with Crippen LogP contribution >= 0.6 is 13.5 Å². The molecule has 5 rings (SSSR count). The van der Waals surface area contributed by atoms with Crippen molar-refractivity contribution in [2.75, 3.05) is 0 Å². The van der Waals surface area contributed by atoms with Gasteiger partial charge in [-0.25, -0.2) is 0 Å². The third-order valence-electron chi connectivity index (χ3n) is 5.44. The number of allylic oxidation sites excluding steroid dienone is 6. The quantitative estimate of drug-likeness (QED) is 0.625. The zero-order valence-corrected chi connectivity index (χ0v) is 16.3. The second-order valence-corrected chi connectivity index (χ2v) is 7.16. The van der Waals surface area contributed by atoms with E-state index in [0.717, 1.165) is 38.5 Å². The Balaban J connectivity index is 0.000000911. The van der Waals surface area contributed by atoms with Gasteiger partial charge in [0.25, 0.3) is 0 Å². The van der Waals surface area contributed by atoms with Crippen LogP contribution in [0, 0.1) is 0 Å². The van der Waals surface area contributed by atoms with Gasteiger partial charge < -0.3 is 5.32 Å². The summed E-state index contributed by atoms with van der Waals surface area (Å²) in [5.41, 5.74) is 7.41. The third kappa shape index (κ3) is 3.86. The maximum Gasteiger partial charge on any atom is 0.0707 e. The number of nitrogens with one attached hydrogen (secondary N) is 1. The SMILES string of the molecule is C1=C2/CCC(=N2)/C=C2/CCC(N2)C2CCC(=N2)/C=C2/CCC/1=N2.S.[Fe]. The van der Waals surface area contributed by atoms with E-state index in [9.17, 15) is 0 Å². The number of hydrogen-bond acceptors (Lipinski definition) is 4. The van der Waals surface area contributed by atoms with Crippen LogP contribution in [0.4, 0.5) is 0 Å². The summed E-state index contributed by atoms with van der Waals surface area (Å²) < 4.78 is 0. The molecule has 5 aliphatic heterocycles. The molecular weight excluding hydrogens is 372 g/mol. The summed E-state index contributed by atoms with van der Waals surface area (Å²) in [4.78, 5) is 14.6. The number of rotatable bonds is 0. The van der Waals surface area contributed by atoms with E-state index in [-0.39, 0.29) is 30.6 Å². The van der Waals surface area contributed by atoms with Crippen LogP contribution in [-0.2, 0) is 17.1 Å². The van der Waals surface area contributed by atoms with Crippen LogP contribution in [0.3, 0.4) is 0 Å². The summed E-state index contributed by atoms with van der Waals surface area (Å²) in [6.07, 6.45) is 15.5. The zero-order chi connectivity index (χ0) is 15.2. The summed E-state index contributed by atoms with van der Waals surface area (Å²) in [6.45, 7) is 0. The van der Waals surface area contributed by atoms with Crippen LogP contribution in [0.2, 0.25) is 0 Å². The Bertz CT molecular complexity index is 745. The Labute approximate surface area is 166 Å². The summed E-state index contributed by atoms with van der Waals surface area (Å²) in [7, 11) is 0. The number of nitrogens with zero attached hydrogens (tertiary/aromatic N) is 3. The maximum atomic E-state index is 4.98. The molecule has 0 aromatic carbocycles. The van der Waals surface area contributed by atoms with Crippen molar-refractivity contribution in [2.45, 2.75) is 63.5 Å². The first kappa shape index (κ1) is 18.7. The Hall–Kier alpha value is -1.10. The van der Waals surface area contributed by atoms with Crippen molar-refractivity contribution in [3.8, 4) is 0 Å². The minimum absolute atomic E-state index is 0. The molecule has 5 aliphatic rings. The predicted octanol–water partition coefficient (Wildman–Crippen LogP) is 3.59. The molecule has 25 heavy (non-hydrogen) atoms. The van der Waals surface area contributed by atoms with Crippen molar-refractivity contribution in [2.24, 2.45) is 15.0 Å². The number of aliphatic imine (C=N–C) groups is 3. The molecule has 2 atom stereocenters. The van der Waals surface area contributed by atoms with Gasteiger partial charge in [-0.15, -0.1) is 0 Å². The molecule has 0 aromatic rings. The van der Waals surface area contributed by atoms with E-state index < -0.39 is 0 Å². The van der Waals surface area contributed by atoms with Gasteiger partial charge in [0.2, 0.25) is 0 Å². The van der Waals surface area contributed by atoms with E-state index in [1.54, 1.807) is 0 Å². The first-order chi connectivity index (χ1) is 11.3. The first-order valence-electron chi connectivity index (χ1n) is 8.92. The van der Waals surface area contributed by atoms with Crippen LogP contribution < -0.4 is 5.32 Å². The Morgan fingerprint density at radius 3 is 2.20 bits per heavy atom. The van der Waals surface area contributed by atoms with E-state index in [4.69, 9.17) is 15.0 Å². The van der Waals surface area contributed by atoms with E-state index in [1.165, 1.54) is 47.1 Å².